The van der Waals surface area contributed by atoms with Crippen LogP contribution in [0, 0.1) is 0 Å². The van der Waals surface area contributed by atoms with Crippen LogP contribution in [0.2, 0.25) is 0 Å². The van der Waals surface area contributed by atoms with E-state index in [0.29, 0.717) is 5.16 Å². The summed E-state index contributed by atoms with van der Waals surface area (Å²) in [6, 6.07) is 13.6. The minimum absolute atomic E-state index is 0.0250. The number of hydrogen-bond acceptors (Lipinski definition) is 7. The van der Waals surface area contributed by atoms with Crippen LogP contribution in [0.1, 0.15) is 31.4 Å². The lowest BCUT2D eigenvalue weighted by molar-refractivity contribution is -0.129. The first-order valence-electron chi connectivity index (χ1n) is 10.8. The number of anilines is 1. The summed E-state index contributed by atoms with van der Waals surface area (Å²) in [7, 11) is 3.30. The van der Waals surface area contributed by atoms with Crippen LogP contribution in [0.25, 0.3) is 10.9 Å². The van der Waals surface area contributed by atoms with E-state index >= 15 is 0 Å². The van der Waals surface area contributed by atoms with E-state index in [1.165, 1.54) is 11.8 Å². The summed E-state index contributed by atoms with van der Waals surface area (Å²) < 4.78 is 11.0. The minimum atomic E-state index is -0.0250. The van der Waals surface area contributed by atoms with Crippen molar-refractivity contribution in [3.8, 4) is 11.5 Å². The standard InChI is InChI=1S/C24H28N4O3S/c1-4-25-23-17-8-5-6-9-19(17)26-24(27-23)32-15-22(29)28-13-7-10-20(28)18-14-16(30-2)11-12-21(18)31-3/h5-6,8-9,11-12,14,20H,4,7,10,13,15H2,1-3H3,(H,25,26,27). The number of nitrogens with one attached hydrogen (secondary N) is 1. The van der Waals surface area contributed by atoms with Crippen LogP contribution >= 0.6 is 11.8 Å². The number of carbonyl (C=O) groups is 1. The summed E-state index contributed by atoms with van der Waals surface area (Å²) in [5.74, 6) is 2.69. The quantitative estimate of drug-likeness (QED) is 0.397. The fraction of sp³-hybridized carbons (Fsp3) is 0.375. The summed E-state index contributed by atoms with van der Waals surface area (Å²) >= 11 is 1.38. The second-order valence-corrected chi connectivity index (χ2v) is 8.49. The van der Waals surface area contributed by atoms with Crippen LogP contribution in [0.4, 0.5) is 5.82 Å². The second kappa shape index (κ2) is 10.1. The fourth-order valence-electron chi connectivity index (χ4n) is 4.12. The lowest BCUT2D eigenvalue weighted by Crippen LogP contribution is -2.32. The summed E-state index contributed by atoms with van der Waals surface area (Å²) in [6.07, 6.45) is 1.86. The maximum Gasteiger partial charge on any atom is 0.233 e. The number of hydrogen-bond donors (Lipinski definition) is 1. The van der Waals surface area contributed by atoms with E-state index in [1.807, 2.05) is 54.3 Å². The lowest BCUT2D eigenvalue weighted by Gasteiger charge is -2.26. The maximum absolute atomic E-state index is 13.2. The Kier molecular flexibility index (Phi) is 6.99. The maximum atomic E-state index is 13.2. The smallest absolute Gasteiger partial charge is 0.233 e. The number of amides is 1. The van der Waals surface area contributed by atoms with Gasteiger partial charge in [0.15, 0.2) is 5.16 Å². The number of likely N-dealkylation sites (tertiary alicyclic amines) is 1. The van der Waals surface area contributed by atoms with Gasteiger partial charge in [0.25, 0.3) is 0 Å². The van der Waals surface area contributed by atoms with Gasteiger partial charge in [-0.3, -0.25) is 4.79 Å². The Morgan fingerprint density at radius 3 is 2.81 bits per heavy atom. The van der Waals surface area contributed by atoms with Crippen LogP contribution in [0.15, 0.2) is 47.6 Å². The van der Waals surface area contributed by atoms with E-state index in [-0.39, 0.29) is 17.7 Å². The number of nitrogens with zero attached hydrogens (tertiary/aromatic N) is 3. The van der Waals surface area contributed by atoms with Crippen LogP contribution in [0.5, 0.6) is 11.5 Å². The van der Waals surface area contributed by atoms with Gasteiger partial charge in [-0.1, -0.05) is 23.9 Å². The van der Waals surface area contributed by atoms with Crippen molar-refractivity contribution in [2.24, 2.45) is 0 Å². The molecule has 32 heavy (non-hydrogen) atoms. The third kappa shape index (κ3) is 4.60. The molecular formula is C24H28N4O3S. The van der Waals surface area contributed by atoms with Gasteiger partial charge < -0.3 is 19.7 Å². The van der Waals surface area contributed by atoms with Gasteiger partial charge in [-0.2, -0.15) is 0 Å². The summed E-state index contributed by atoms with van der Waals surface area (Å²) in [6.45, 7) is 3.53. The van der Waals surface area contributed by atoms with E-state index < -0.39 is 0 Å². The molecule has 1 fully saturated rings. The van der Waals surface area contributed by atoms with Gasteiger partial charge in [-0.25, -0.2) is 9.97 Å². The molecule has 2 aromatic carbocycles. The van der Waals surface area contributed by atoms with E-state index in [2.05, 4.69) is 15.3 Å². The highest BCUT2D eigenvalue weighted by Gasteiger charge is 2.32. The average molecular weight is 453 g/mol. The molecule has 0 aliphatic carbocycles. The molecule has 1 aromatic heterocycles. The molecule has 1 unspecified atom stereocenters. The predicted octanol–water partition coefficient (Wildman–Crippen LogP) is 4.53. The number of carbonyl (C=O) groups excluding carboxylic acids is 1. The highest BCUT2D eigenvalue weighted by atomic mass is 32.2. The van der Waals surface area contributed by atoms with E-state index in [9.17, 15) is 4.79 Å². The third-order valence-electron chi connectivity index (χ3n) is 5.62. The molecule has 0 saturated carbocycles. The number of thioether (sulfide) groups is 1. The summed E-state index contributed by atoms with van der Waals surface area (Å²) in [5, 5.41) is 4.88. The second-order valence-electron chi connectivity index (χ2n) is 7.54. The van der Waals surface area contributed by atoms with E-state index in [1.54, 1.807) is 14.2 Å². The fourth-order valence-corrected chi connectivity index (χ4v) is 4.86. The normalized spacial score (nSPS) is 15.7. The van der Waals surface area contributed by atoms with Gasteiger partial charge in [0.2, 0.25) is 5.91 Å². The zero-order chi connectivity index (χ0) is 22.5. The van der Waals surface area contributed by atoms with Gasteiger partial charge >= 0.3 is 0 Å². The molecule has 0 spiro atoms. The molecule has 1 amide bonds. The third-order valence-corrected chi connectivity index (χ3v) is 6.45. The van der Waals surface area contributed by atoms with Gasteiger partial charge in [-0.15, -0.1) is 0 Å². The van der Waals surface area contributed by atoms with Crippen molar-refractivity contribution in [1.29, 1.82) is 0 Å². The van der Waals surface area contributed by atoms with Gasteiger partial charge in [0.1, 0.15) is 17.3 Å². The molecule has 7 nitrogen and oxygen atoms in total. The molecule has 8 heteroatoms. The highest BCUT2D eigenvalue weighted by Crippen LogP contribution is 2.39. The Labute approximate surface area is 192 Å². The van der Waals surface area contributed by atoms with Crippen LogP contribution in [-0.4, -0.2) is 53.8 Å². The van der Waals surface area contributed by atoms with Crippen molar-refractivity contribution < 1.29 is 14.3 Å². The van der Waals surface area contributed by atoms with Crippen molar-refractivity contribution in [1.82, 2.24) is 14.9 Å². The molecule has 0 radical (unpaired) electrons. The van der Waals surface area contributed by atoms with Crippen LogP contribution in [-0.2, 0) is 4.79 Å². The largest absolute Gasteiger partial charge is 0.497 e. The van der Waals surface area contributed by atoms with E-state index in [4.69, 9.17) is 9.47 Å². The van der Waals surface area contributed by atoms with Crippen molar-refractivity contribution in [3.05, 3.63) is 48.0 Å². The first-order valence-corrected chi connectivity index (χ1v) is 11.8. The lowest BCUT2D eigenvalue weighted by atomic mass is 10.0. The minimum Gasteiger partial charge on any atom is -0.497 e. The number of rotatable bonds is 8. The van der Waals surface area contributed by atoms with Crippen LogP contribution < -0.4 is 14.8 Å². The number of para-hydroxylation sites is 1. The first kappa shape index (κ1) is 22.2. The Balaban J connectivity index is 1.52. The predicted molar refractivity (Wildman–Crippen MR) is 128 cm³/mol. The molecular weight excluding hydrogens is 424 g/mol. The topological polar surface area (TPSA) is 76.6 Å². The van der Waals surface area contributed by atoms with Crippen LogP contribution in [0.3, 0.4) is 0 Å². The molecule has 0 bridgehead atoms. The Morgan fingerprint density at radius 2 is 2.03 bits per heavy atom. The van der Waals surface area contributed by atoms with Crippen molar-refractivity contribution in [3.63, 3.8) is 0 Å². The number of fused-ring (bicyclic) bond motifs is 1. The summed E-state index contributed by atoms with van der Waals surface area (Å²) in [4.78, 5) is 24.4. The van der Waals surface area contributed by atoms with Gasteiger partial charge in [0.05, 0.1) is 31.5 Å². The first-order chi connectivity index (χ1) is 15.6. The number of ether oxygens (including phenoxy) is 2. The Bertz CT molecular complexity index is 1110. The number of aromatic nitrogens is 2. The SMILES string of the molecule is CCNc1nc(SCC(=O)N2CCCC2c2cc(OC)ccc2OC)nc2ccccc12. The molecule has 1 aliphatic heterocycles. The molecule has 1 saturated heterocycles. The van der Waals surface area contributed by atoms with Crippen molar-refractivity contribution in [2.75, 3.05) is 38.4 Å². The zero-order valence-corrected chi connectivity index (χ0v) is 19.4. The zero-order valence-electron chi connectivity index (χ0n) is 18.6. The molecule has 168 valence electrons. The molecule has 1 atom stereocenters. The molecule has 4 rings (SSSR count). The Morgan fingerprint density at radius 1 is 1.19 bits per heavy atom. The Hall–Kier alpha value is -3.00. The molecule has 1 N–H and O–H groups in total. The molecule has 2 heterocycles. The summed E-state index contributed by atoms with van der Waals surface area (Å²) in [5.41, 5.74) is 1.85. The van der Waals surface area contributed by atoms with E-state index in [0.717, 1.165) is 59.7 Å². The number of benzene rings is 2. The number of methoxy groups -OCH3 is 2. The van der Waals surface area contributed by atoms with Crippen molar-refractivity contribution in [2.45, 2.75) is 31.0 Å². The molecule has 3 aromatic rings. The van der Waals surface area contributed by atoms with Gasteiger partial charge in [-0.05, 0) is 50.1 Å². The average Bonchev–Trinajstić information content (AvgIpc) is 3.32. The van der Waals surface area contributed by atoms with Gasteiger partial charge in [0, 0.05) is 24.0 Å². The molecule has 1 aliphatic rings. The monoisotopic (exact) mass is 452 g/mol. The highest BCUT2D eigenvalue weighted by molar-refractivity contribution is 7.99. The van der Waals surface area contributed by atoms with Crippen molar-refractivity contribution >= 4 is 34.4 Å².